The molecule has 39 heavy (non-hydrogen) atoms. The highest BCUT2D eigenvalue weighted by Crippen LogP contribution is 2.49. The summed E-state index contributed by atoms with van der Waals surface area (Å²) in [4.78, 5) is 37.4. The third-order valence-corrected chi connectivity index (χ3v) is 7.59. The summed E-state index contributed by atoms with van der Waals surface area (Å²) in [6.07, 6.45) is 0. The number of non-ortho nitro benzene ring substituents is 2. The molecule has 0 unspecified atom stereocenters. The standard InChI is InChI=1S/C24H16N8O6S/c1-13-5-7-14(8-6-13)22-25-24-29(26-22)23-21(39-24)20(15-3-2-4-16(11-15)30(33)34)28(27-23)18-10-9-17(31(35)36)12-19(18)32(37)38/h2-12,20-21H,1H3/t20-,21-/m1/s1. The van der Waals surface area contributed by atoms with E-state index in [-0.39, 0.29) is 11.4 Å². The van der Waals surface area contributed by atoms with E-state index < -0.39 is 37.4 Å². The van der Waals surface area contributed by atoms with Crippen molar-refractivity contribution in [3.63, 3.8) is 0 Å². The van der Waals surface area contributed by atoms with E-state index in [1.807, 2.05) is 31.2 Å². The summed E-state index contributed by atoms with van der Waals surface area (Å²) in [5.41, 5.74) is 1.26. The molecule has 0 bridgehead atoms. The molecular formula is C24H16N8O6S. The normalized spacial score (nSPS) is 17.5. The molecule has 0 saturated heterocycles. The lowest BCUT2D eigenvalue weighted by molar-refractivity contribution is -0.393. The fraction of sp³-hybridized carbons (Fsp3) is 0.125. The van der Waals surface area contributed by atoms with Crippen LogP contribution in [0.4, 0.5) is 22.7 Å². The van der Waals surface area contributed by atoms with E-state index >= 15 is 0 Å². The summed E-state index contributed by atoms with van der Waals surface area (Å²) in [6, 6.07) is 16.2. The molecule has 2 aliphatic rings. The molecule has 194 valence electrons. The van der Waals surface area contributed by atoms with Crippen LogP contribution in [0.25, 0.3) is 11.4 Å². The minimum absolute atomic E-state index is 0.00466. The second-order valence-electron chi connectivity index (χ2n) is 8.82. The van der Waals surface area contributed by atoms with Gasteiger partial charge in [0.2, 0.25) is 0 Å². The fourth-order valence-electron chi connectivity index (χ4n) is 4.55. The predicted octanol–water partition coefficient (Wildman–Crippen LogP) is 4.88. The lowest BCUT2D eigenvalue weighted by Crippen LogP contribution is -2.27. The van der Waals surface area contributed by atoms with Gasteiger partial charge in [0.05, 0.1) is 26.9 Å². The minimum atomic E-state index is -0.726. The highest BCUT2D eigenvalue weighted by molar-refractivity contribution is 8.01. The van der Waals surface area contributed by atoms with E-state index in [2.05, 4.69) is 15.2 Å². The second-order valence-corrected chi connectivity index (χ2v) is 9.93. The van der Waals surface area contributed by atoms with Gasteiger partial charge in [-0.25, -0.2) is 9.99 Å². The van der Waals surface area contributed by atoms with Gasteiger partial charge in [0.1, 0.15) is 10.9 Å². The van der Waals surface area contributed by atoms with Crippen LogP contribution in [-0.4, -0.2) is 40.6 Å². The Morgan fingerprint density at radius 2 is 1.59 bits per heavy atom. The van der Waals surface area contributed by atoms with E-state index in [4.69, 9.17) is 0 Å². The Bertz CT molecular complexity index is 1720. The first-order valence-electron chi connectivity index (χ1n) is 11.5. The van der Waals surface area contributed by atoms with Crippen LogP contribution in [0.3, 0.4) is 0 Å². The summed E-state index contributed by atoms with van der Waals surface area (Å²) in [6.45, 7) is 1.97. The van der Waals surface area contributed by atoms with Gasteiger partial charge in [-0.05, 0) is 18.6 Å². The van der Waals surface area contributed by atoms with Crippen molar-refractivity contribution in [1.82, 2.24) is 14.8 Å². The Hall–Kier alpha value is -5.18. The lowest BCUT2D eigenvalue weighted by Gasteiger charge is -2.26. The molecule has 0 aliphatic carbocycles. The topological polar surface area (TPSA) is 176 Å². The van der Waals surface area contributed by atoms with Crippen molar-refractivity contribution >= 4 is 40.3 Å². The first-order chi connectivity index (χ1) is 18.7. The molecule has 0 amide bonds. The third kappa shape index (κ3) is 4.04. The van der Waals surface area contributed by atoms with Crippen molar-refractivity contribution in [2.45, 2.75) is 23.4 Å². The Morgan fingerprint density at radius 3 is 2.28 bits per heavy atom. The molecule has 2 atom stereocenters. The van der Waals surface area contributed by atoms with Crippen molar-refractivity contribution in [3.8, 4) is 11.4 Å². The molecule has 3 aromatic carbocycles. The quantitative estimate of drug-likeness (QED) is 0.240. The van der Waals surface area contributed by atoms with Gasteiger partial charge < -0.3 is 0 Å². The van der Waals surface area contributed by atoms with Gasteiger partial charge in [-0.15, -0.1) is 5.10 Å². The molecule has 0 radical (unpaired) electrons. The fourth-order valence-corrected chi connectivity index (χ4v) is 5.80. The zero-order chi connectivity index (χ0) is 27.4. The number of benzene rings is 3. The van der Waals surface area contributed by atoms with Crippen LogP contribution in [-0.2, 0) is 0 Å². The minimum Gasteiger partial charge on any atom is -0.258 e. The van der Waals surface area contributed by atoms with Crippen LogP contribution in [0.2, 0.25) is 0 Å². The first-order valence-corrected chi connectivity index (χ1v) is 12.4. The van der Waals surface area contributed by atoms with Crippen LogP contribution in [0.5, 0.6) is 0 Å². The van der Waals surface area contributed by atoms with Gasteiger partial charge >= 0.3 is 5.69 Å². The number of nitrogens with zero attached hydrogens (tertiary/aromatic N) is 8. The number of hydrazone groups is 1. The second kappa shape index (κ2) is 8.98. The van der Waals surface area contributed by atoms with Gasteiger partial charge in [0.15, 0.2) is 16.8 Å². The number of nitro benzene ring substituents is 3. The molecule has 2 aliphatic heterocycles. The lowest BCUT2D eigenvalue weighted by atomic mass is 10.0. The zero-order valence-corrected chi connectivity index (χ0v) is 20.8. The molecule has 0 fully saturated rings. The number of hydrogen-bond donors (Lipinski definition) is 0. The molecule has 0 N–H and O–H groups in total. The largest absolute Gasteiger partial charge is 0.301 e. The number of aryl methyl sites for hydroxylation is 1. The number of nitro groups is 3. The highest BCUT2D eigenvalue weighted by Gasteiger charge is 2.48. The van der Waals surface area contributed by atoms with Crippen LogP contribution in [0.1, 0.15) is 17.2 Å². The van der Waals surface area contributed by atoms with E-state index in [0.29, 0.717) is 22.4 Å². The maximum absolute atomic E-state index is 12.0. The number of rotatable bonds is 6. The van der Waals surface area contributed by atoms with Crippen molar-refractivity contribution in [2.75, 3.05) is 5.01 Å². The number of aromatic nitrogens is 3. The number of anilines is 1. The van der Waals surface area contributed by atoms with Gasteiger partial charge in [-0.1, -0.05) is 53.7 Å². The maximum atomic E-state index is 12.0. The Balaban J connectivity index is 1.49. The molecule has 3 heterocycles. The van der Waals surface area contributed by atoms with Gasteiger partial charge in [-0.3, -0.25) is 30.3 Å². The molecule has 15 heteroatoms. The van der Waals surface area contributed by atoms with E-state index in [1.165, 1.54) is 41.0 Å². The molecule has 6 rings (SSSR count). The van der Waals surface area contributed by atoms with Gasteiger partial charge in [0, 0.05) is 23.8 Å². The van der Waals surface area contributed by atoms with E-state index in [9.17, 15) is 30.3 Å². The van der Waals surface area contributed by atoms with Crippen LogP contribution in [0.15, 0.2) is 77.0 Å². The predicted molar refractivity (Wildman–Crippen MR) is 141 cm³/mol. The zero-order valence-electron chi connectivity index (χ0n) is 19.9. The first kappa shape index (κ1) is 24.2. The Kier molecular flexibility index (Phi) is 5.57. The summed E-state index contributed by atoms with van der Waals surface area (Å²) in [5, 5.41) is 45.5. The molecule has 1 aromatic heterocycles. The average molecular weight is 545 g/mol. The summed E-state index contributed by atoms with van der Waals surface area (Å²) >= 11 is 1.33. The smallest absolute Gasteiger partial charge is 0.258 e. The number of hydrogen-bond acceptors (Lipinski definition) is 11. The summed E-state index contributed by atoms with van der Waals surface area (Å²) in [5.74, 6) is 0.912. The van der Waals surface area contributed by atoms with Gasteiger partial charge in [0.25, 0.3) is 11.4 Å². The highest BCUT2D eigenvalue weighted by atomic mass is 32.2. The molecule has 0 saturated carbocycles. The molecule has 0 spiro atoms. The van der Waals surface area contributed by atoms with Gasteiger partial charge in [-0.2, -0.15) is 9.78 Å². The Morgan fingerprint density at radius 1 is 0.872 bits per heavy atom. The van der Waals surface area contributed by atoms with Crippen molar-refractivity contribution in [1.29, 1.82) is 0 Å². The van der Waals surface area contributed by atoms with E-state index in [1.54, 1.807) is 10.7 Å². The Labute approximate surface area is 223 Å². The third-order valence-electron chi connectivity index (χ3n) is 6.39. The monoisotopic (exact) mass is 544 g/mol. The van der Waals surface area contributed by atoms with Crippen LogP contribution in [0, 0.1) is 37.3 Å². The van der Waals surface area contributed by atoms with Crippen molar-refractivity contribution in [3.05, 3.63) is 108 Å². The van der Waals surface area contributed by atoms with Crippen molar-refractivity contribution in [2.24, 2.45) is 5.10 Å². The average Bonchev–Trinajstić information content (AvgIpc) is 3.58. The number of fused-ring (bicyclic) bond motifs is 3. The summed E-state index contributed by atoms with van der Waals surface area (Å²) < 4.78 is 1.56. The van der Waals surface area contributed by atoms with Crippen LogP contribution < -0.4 is 5.01 Å². The van der Waals surface area contributed by atoms with Crippen LogP contribution >= 0.6 is 11.8 Å². The molecule has 14 nitrogen and oxygen atoms in total. The number of thioether (sulfide) groups is 1. The van der Waals surface area contributed by atoms with E-state index in [0.717, 1.165) is 23.3 Å². The molecule has 4 aromatic rings. The van der Waals surface area contributed by atoms with Crippen molar-refractivity contribution < 1.29 is 14.8 Å². The molecular weight excluding hydrogens is 528 g/mol. The maximum Gasteiger partial charge on any atom is 0.301 e. The SMILES string of the molecule is Cc1ccc(-c2nc3n(n2)C2=NN(c4ccc([N+](=O)[O-])cc4[N+](=O)[O-])[C@H](c4cccc([N+](=O)[O-])c4)[C@H]2S3)cc1. The summed E-state index contributed by atoms with van der Waals surface area (Å²) in [7, 11) is 0.